The molecule has 0 heterocycles. The van der Waals surface area contributed by atoms with Crippen LogP contribution in [0.25, 0.3) is 0 Å². The molecule has 1 nitrogen and oxygen atoms in total. The van der Waals surface area contributed by atoms with Crippen molar-refractivity contribution in [3.63, 3.8) is 0 Å². The van der Waals surface area contributed by atoms with Crippen molar-refractivity contribution in [3.8, 4) is 0 Å². The minimum Gasteiger partial charge on any atom is -0.325 e. The molecule has 140 valence electrons. The van der Waals surface area contributed by atoms with Gasteiger partial charge < -0.3 is 5.73 Å². The van der Waals surface area contributed by atoms with E-state index in [1.165, 1.54) is 63.4 Å². The van der Waals surface area contributed by atoms with Crippen molar-refractivity contribution in [1.29, 1.82) is 0 Å². The summed E-state index contributed by atoms with van der Waals surface area (Å²) in [4.78, 5) is 0. The van der Waals surface area contributed by atoms with Gasteiger partial charge in [0.25, 0.3) is 0 Å². The highest BCUT2D eigenvalue weighted by atomic mass is 35.5. The van der Waals surface area contributed by atoms with Crippen LogP contribution in [0.3, 0.4) is 0 Å². The van der Waals surface area contributed by atoms with Crippen LogP contribution in [0.1, 0.15) is 84.1 Å². The molecule has 1 atom stereocenters. The van der Waals surface area contributed by atoms with Gasteiger partial charge in [0.15, 0.2) is 0 Å². The van der Waals surface area contributed by atoms with Crippen molar-refractivity contribution >= 4 is 24.0 Å². The highest BCUT2D eigenvalue weighted by Crippen LogP contribution is 2.28. The van der Waals surface area contributed by atoms with Gasteiger partial charge in [-0.2, -0.15) is 0 Å². The van der Waals surface area contributed by atoms with Gasteiger partial charge in [-0.25, -0.2) is 0 Å². The summed E-state index contributed by atoms with van der Waals surface area (Å²) in [5.74, 6) is 0.488. The molecule has 0 amide bonds. The summed E-state index contributed by atoms with van der Waals surface area (Å²) >= 11 is 6.32. The van der Waals surface area contributed by atoms with Gasteiger partial charge in [-0.1, -0.05) is 88.1 Å². The van der Waals surface area contributed by atoms with Gasteiger partial charge >= 0.3 is 0 Å². The number of rotatable bonds is 12. The van der Waals surface area contributed by atoms with Gasteiger partial charge in [-0.3, -0.25) is 0 Å². The molecular formula is C21H37Cl2N. The smallest absolute Gasteiger partial charge is 0.0438 e. The van der Waals surface area contributed by atoms with E-state index in [9.17, 15) is 0 Å². The van der Waals surface area contributed by atoms with Crippen molar-refractivity contribution in [3.05, 3.63) is 34.9 Å². The number of unbranched alkanes of at least 4 members (excludes halogenated alkanes) is 7. The van der Waals surface area contributed by atoms with E-state index < -0.39 is 0 Å². The molecule has 1 aromatic carbocycles. The first-order valence-corrected chi connectivity index (χ1v) is 9.85. The topological polar surface area (TPSA) is 26.0 Å². The quantitative estimate of drug-likeness (QED) is 0.385. The molecule has 0 aliphatic carbocycles. The molecule has 0 spiro atoms. The second-order valence-corrected chi connectivity index (χ2v) is 7.98. The standard InChI is InChI=1S/C21H36ClN.ClH/c1-4-5-6-7-8-9-10-11-15-19(21(2,3)23)17-18-14-12-13-16-20(18)22;/h12-14,16,19H,4-11,15,17,23H2,1-3H3;1H. The van der Waals surface area contributed by atoms with Gasteiger partial charge in [0, 0.05) is 10.6 Å². The Labute approximate surface area is 161 Å². The van der Waals surface area contributed by atoms with Crippen molar-refractivity contribution in [2.75, 3.05) is 0 Å². The first-order chi connectivity index (χ1) is 10.9. The number of benzene rings is 1. The number of hydrogen-bond donors (Lipinski definition) is 1. The third-order valence-corrected chi connectivity index (χ3v) is 5.25. The van der Waals surface area contributed by atoms with Crippen molar-refractivity contribution in [1.82, 2.24) is 0 Å². The van der Waals surface area contributed by atoms with Gasteiger partial charge in [0.2, 0.25) is 0 Å². The van der Waals surface area contributed by atoms with Gasteiger partial charge in [-0.05, 0) is 44.2 Å². The third-order valence-electron chi connectivity index (χ3n) is 4.88. The summed E-state index contributed by atoms with van der Waals surface area (Å²) in [7, 11) is 0. The Morgan fingerprint density at radius 1 is 0.958 bits per heavy atom. The summed E-state index contributed by atoms with van der Waals surface area (Å²) in [5.41, 5.74) is 7.51. The van der Waals surface area contributed by atoms with Crippen LogP contribution >= 0.6 is 24.0 Å². The van der Waals surface area contributed by atoms with E-state index in [2.05, 4.69) is 32.9 Å². The zero-order chi connectivity index (χ0) is 17.1. The predicted molar refractivity (Wildman–Crippen MR) is 111 cm³/mol. The van der Waals surface area contributed by atoms with Crippen molar-refractivity contribution in [2.45, 2.75) is 90.5 Å². The maximum Gasteiger partial charge on any atom is 0.0438 e. The second kappa shape index (κ2) is 13.0. The van der Waals surface area contributed by atoms with Crippen molar-refractivity contribution in [2.24, 2.45) is 11.7 Å². The highest BCUT2D eigenvalue weighted by Gasteiger charge is 2.25. The zero-order valence-corrected chi connectivity index (χ0v) is 17.4. The molecule has 0 aliphatic rings. The number of nitrogens with two attached hydrogens (primary N) is 1. The molecule has 0 saturated heterocycles. The summed E-state index contributed by atoms with van der Waals surface area (Å²) in [6.45, 7) is 6.58. The Bertz CT molecular complexity index is 426. The third kappa shape index (κ3) is 9.91. The Morgan fingerprint density at radius 3 is 2.04 bits per heavy atom. The van der Waals surface area contributed by atoms with E-state index in [0.29, 0.717) is 5.92 Å². The molecule has 1 aromatic rings. The summed E-state index contributed by atoms with van der Waals surface area (Å²) in [6.07, 6.45) is 13.1. The fraction of sp³-hybridized carbons (Fsp3) is 0.714. The summed E-state index contributed by atoms with van der Waals surface area (Å²) in [6, 6.07) is 8.17. The lowest BCUT2D eigenvalue weighted by Gasteiger charge is -2.31. The van der Waals surface area contributed by atoms with Gasteiger partial charge in [0.05, 0.1) is 0 Å². The minimum absolute atomic E-state index is 0. The average molecular weight is 374 g/mol. The first kappa shape index (κ1) is 23.8. The highest BCUT2D eigenvalue weighted by molar-refractivity contribution is 6.31. The molecule has 1 unspecified atom stereocenters. The largest absolute Gasteiger partial charge is 0.325 e. The van der Waals surface area contributed by atoms with Crippen molar-refractivity contribution < 1.29 is 0 Å². The summed E-state index contributed by atoms with van der Waals surface area (Å²) in [5, 5.41) is 0.873. The van der Waals surface area contributed by atoms with Crippen LogP contribution in [0.5, 0.6) is 0 Å². The Hall–Kier alpha value is -0.240. The average Bonchev–Trinajstić information content (AvgIpc) is 2.49. The molecule has 0 bridgehead atoms. The van der Waals surface area contributed by atoms with Gasteiger partial charge in [-0.15, -0.1) is 12.4 Å². The molecule has 24 heavy (non-hydrogen) atoms. The van der Waals surface area contributed by atoms with Gasteiger partial charge in [0.1, 0.15) is 0 Å². The Morgan fingerprint density at radius 2 is 1.50 bits per heavy atom. The zero-order valence-electron chi connectivity index (χ0n) is 15.8. The van der Waals surface area contributed by atoms with Crippen LogP contribution in [0, 0.1) is 5.92 Å². The van der Waals surface area contributed by atoms with E-state index in [1.807, 2.05) is 12.1 Å². The predicted octanol–water partition coefficient (Wildman–Crippen LogP) is 7.19. The first-order valence-electron chi connectivity index (χ1n) is 9.47. The molecule has 2 N–H and O–H groups in total. The summed E-state index contributed by atoms with van der Waals surface area (Å²) < 4.78 is 0. The molecule has 0 aliphatic heterocycles. The maximum atomic E-state index is 6.43. The second-order valence-electron chi connectivity index (χ2n) is 7.58. The molecule has 0 radical (unpaired) electrons. The number of halogens is 2. The number of hydrogen-bond acceptors (Lipinski definition) is 1. The van der Waals surface area contributed by atoms with Crippen LogP contribution in [0.15, 0.2) is 24.3 Å². The van der Waals surface area contributed by atoms with Crippen LogP contribution in [0.2, 0.25) is 5.02 Å². The van der Waals surface area contributed by atoms with Crippen LogP contribution in [0.4, 0.5) is 0 Å². The van der Waals surface area contributed by atoms with E-state index in [1.54, 1.807) is 0 Å². The van der Waals surface area contributed by atoms with E-state index >= 15 is 0 Å². The molecule has 0 saturated carbocycles. The molecule has 3 heteroatoms. The SMILES string of the molecule is CCCCCCCCCCC(Cc1ccccc1Cl)C(C)(C)N.Cl. The lowest BCUT2D eigenvalue weighted by Crippen LogP contribution is -2.42. The molecule has 0 aromatic heterocycles. The van der Waals surface area contributed by atoms with Crippen LogP contribution in [-0.4, -0.2) is 5.54 Å². The lowest BCUT2D eigenvalue weighted by atomic mass is 9.80. The van der Waals surface area contributed by atoms with E-state index in [0.717, 1.165) is 11.4 Å². The molecule has 1 rings (SSSR count). The lowest BCUT2D eigenvalue weighted by molar-refractivity contribution is 0.290. The monoisotopic (exact) mass is 373 g/mol. The fourth-order valence-corrected chi connectivity index (χ4v) is 3.40. The van der Waals surface area contributed by atoms with Crippen LogP contribution < -0.4 is 5.73 Å². The minimum atomic E-state index is -0.152. The fourth-order valence-electron chi connectivity index (χ4n) is 3.19. The molecular weight excluding hydrogens is 337 g/mol. The molecule has 0 fully saturated rings. The Balaban J connectivity index is 0.00000529. The maximum absolute atomic E-state index is 6.43. The van der Waals surface area contributed by atoms with Crippen LogP contribution in [-0.2, 0) is 6.42 Å². The Kier molecular flexibility index (Phi) is 12.9. The normalized spacial score (nSPS) is 12.7. The van der Waals surface area contributed by atoms with E-state index in [4.69, 9.17) is 17.3 Å². The van der Waals surface area contributed by atoms with E-state index in [-0.39, 0.29) is 17.9 Å².